The number of benzene rings is 1. The van der Waals surface area contributed by atoms with Crippen LogP contribution in [0.1, 0.15) is 10.4 Å². The lowest BCUT2D eigenvalue weighted by Gasteiger charge is -2.04. The summed E-state index contributed by atoms with van der Waals surface area (Å²) in [6, 6.07) is 6.41. The van der Waals surface area contributed by atoms with Crippen molar-refractivity contribution in [1.29, 1.82) is 0 Å². The number of hydrogen-bond acceptors (Lipinski definition) is 3. The van der Waals surface area contributed by atoms with Crippen molar-refractivity contribution >= 4 is 17.7 Å². The molecule has 0 amide bonds. The Morgan fingerprint density at radius 2 is 1.83 bits per heavy atom. The summed E-state index contributed by atoms with van der Waals surface area (Å²) < 4.78 is 25.6. The molecule has 0 atom stereocenters. The molecule has 0 spiro atoms. The Morgan fingerprint density at radius 3 is 2.44 bits per heavy atom. The molecule has 1 aromatic heterocycles. The highest BCUT2D eigenvalue weighted by molar-refractivity contribution is 7.99. The fraction of sp³-hybridized carbons (Fsp3) is 0. The first kappa shape index (κ1) is 12.5. The van der Waals surface area contributed by atoms with E-state index in [9.17, 15) is 13.6 Å². The summed E-state index contributed by atoms with van der Waals surface area (Å²) in [4.78, 5) is 15.3. The second kappa shape index (κ2) is 5.14. The molecule has 2 rings (SSSR count). The SMILES string of the molecule is O=C(O)c1cc(F)cnc1Sc1ccc(F)cc1. The van der Waals surface area contributed by atoms with Crippen molar-refractivity contribution in [2.24, 2.45) is 0 Å². The Kier molecular flexibility index (Phi) is 3.57. The smallest absolute Gasteiger partial charge is 0.338 e. The molecule has 0 aliphatic carbocycles. The average Bonchev–Trinajstić information content (AvgIpc) is 2.34. The molecule has 0 unspecified atom stereocenters. The zero-order valence-corrected chi connectivity index (χ0v) is 9.75. The first-order valence-corrected chi connectivity index (χ1v) is 5.70. The van der Waals surface area contributed by atoms with Crippen molar-refractivity contribution in [3.05, 3.63) is 53.7 Å². The Bertz CT molecular complexity index is 587. The van der Waals surface area contributed by atoms with Crippen LogP contribution >= 0.6 is 11.8 Å². The Labute approximate surface area is 105 Å². The van der Waals surface area contributed by atoms with Crippen LogP contribution in [0.25, 0.3) is 0 Å². The normalized spacial score (nSPS) is 10.3. The van der Waals surface area contributed by atoms with Gasteiger partial charge in [-0.05, 0) is 30.3 Å². The predicted octanol–water partition coefficient (Wildman–Crippen LogP) is 3.21. The maximum Gasteiger partial charge on any atom is 0.338 e. The molecule has 1 N–H and O–H groups in total. The fourth-order valence-corrected chi connectivity index (χ4v) is 2.13. The van der Waals surface area contributed by atoms with Crippen LogP contribution in [-0.2, 0) is 0 Å². The van der Waals surface area contributed by atoms with Gasteiger partial charge >= 0.3 is 5.97 Å². The molecule has 0 aliphatic rings. The summed E-state index contributed by atoms with van der Waals surface area (Å²) in [5, 5.41) is 9.09. The van der Waals surface area contributed by atoms with Crippen LogP contribution in [0.3, 0.4) is 0 Å². The van der Waals surface area contributed by atoms with Gasteiger partial charge in [-0.15, -0.1) is 0 Å². The molecule has 6 heteroatoms. The number of carboxylic acid groups (broad SMARTS) is 1. The standard InChI is InChI=1S/C12H7F2NO2S/c13-7-1-3-9(4-2-7)18-11-10(12(16)17)5-8(14)6-15-11/h1-6H,(H,16,17). The molecule has 0 saturated carbocycles. The molecule has 92 valence electrons. The highest BCUT2D eigenvalue weighted by atomic mass is 32.2. The van der Waals surface area contributed by atoms with E-state index in [0.717, 1.165) is 24.0 Å². The fourth-order valence-electron chi connectivity index (χ4n) is 1.28. The van der Waals surface area contributed by atoms with Crippen molar-refractivity contribution in [2.75, 3.05) is 0 Å². The maximum atomic E-state index is 12.9. The van der Waals surface area contributed by atoms with Crippen molar-refractivity contribution in [3.8, 4) is 0 Å². The molecule has 3 nitrogen and oxygen atoms in total. The van der Waals surface area contributed by atoms with Gasteiger partial charge in [0.05, 0.1) is 11.8 Å². The minimum Gasteiger partial charge on any atom is -0.478 e. The van der Waals surface area contributed by atoms with Gasteiger partial charge in [-0.3, -0.25) is 0 Å². The van der Waals surface area contributed by atoms with Gasteiger partial charge in [-0.2, -0.15) is 0 Å². The molecular formula is C12H7F2NO2S. The summed E-state index contributed by atoms with van der Waals surface area (Å²) in [5.41, 5.74) is -0.218. The van der Waals surface area contributed by atoms with Crippen LogP contribution in [0.15, 0.2) is 46.5 Å². The quantitative estimate of drug-likeness (QED) is 0.927. The number of carbonyl (C=O) groups is 1. The summed E-state index contributed by atoms with van der Waals surface area (Å²) in [6.07, 6.45) is 0.943. The molecule has 0 saturated heterocycles. The molecule has 18 heavy (non-hydrogen) atoms. The van der Waals surface area contributed by atoms with E-state index in [1.165, 1.54) is 24.3 Å². The second-order valence-electron chi connectivity index (χ2n) is 3.37. The van der Waals surface area contributed by atoms with Crippen LogP contribution in [0.5, 0.6) is 0 Å². The lowest BCUT2D eigenvalue weighted by Crippen LogP contribution is -2.01. The topological polar surface area (TPSA) is 50.2 Å². The van der Waals surface area contributed by atoms with Crippen molar-refractivity contribution < 1.29 is 18.7 Å². The number of hydrogen-bond donors (Lipinski definition) is 1. The lowest BCUT2D eigenvalue weighted by atomic mass is 10.3. The molecule has 1 aromatic carbocycles. The summed E-state index contributed by atoms with van der Waals surface area (Å²) in [6.45, 7) is 0. The van der Waals surface area contributed by atoms with Gasteiger partial charge in [-0.25, -0.2) is 18.6 Å². The maximum absolute atomic E-state index is 12.9. The summed E-state index contributed by atoms with van der Waals surface area (Å²) in [5.74, 6) is -2.35. The van der Waals surface area contributed by atoms with Gasteiger partial charge in [0.2, 0.25) is 0 Å². The molecule has 2 aromatic rings. The highest BCUT2D eigenvalue weighted by Gasteiger charge is 2.14. The number of rotatable bonds is 3. The van der Waals surface area contributed by atoms with E-state index in [1.807, 2.05) is 0 Å². The Morgan fingerprint density at radius 1 is 1.17 bits per heavy atom. The largest absolute Gasteiger partial charge is 0.478 e. The minimum absolute atomic E-state index is 0.163. The van der Waals surface area contributed by atoms with Gasteiger partial charge in [0.1, 0.15) is 16.7 Å². The molecule has 0 bridgehead atoms. The number of pyridine rings is 1. The lowest BCUT2D eigenvalue weighted by molar-refractivity contribution is 0.0691. The molecule has 0 radical (unpaired) electrons. The van der Waals surface area contributed by atoms with Crippen LogP contribution < -0.4 is 0 Å². The Hall–Kier alpha value is -1.95. The number of halogens is 2. The molecular weight excluding hydrogens is 260 g/mol. The summed E-state index contributed by atoms with van der Waals surface area (Å²) >= 11 is 1.03. The molecule has 1 heterocycles. The van der Waals surface area contributed by atoms with Gasteiger partial charge in [0, 0.05) is 4.90 Å². The van der Waals surface area contributed by atoms with Crippen molar-refractivity contribution in [2.45, 2.75) is 9.92 Å². The zero-order valence-electron chi connectivity index (χ0n) is 8.93. The van der Waals surface area contributed by atoms with E-state index >= 15 is 0 Å². The monoisotopic (exact) mass is 267 g/mol. The predicted molar refractivity (Wildman–Crippen MR) is 61.7 cm³/mol. The van der Waals surface area contributed by atoms with E-state index in [4.69, 9.17) is 5.11 Å². The van der Waals surface area contributed by atoms with Gasteiger partial charge < -0.3 is 5.11 Å². The number of aromatic carboxylic acids is 1. The third kappa shape index (κ3) is 2.84. The number of aromatic nitrogens is 1. The average molecular weight is 267 g/mol. The van der Waals surface area contributed by atoms with Crippen LogP contribution in [-0.4, -0.2) is 16.1 Å². The Balaban J connectivity index is 2.34. The van der Waals surface area contributed by atoms with Gasteiger partial charge in [-0.1, -0.05) is 11.8 Å². The first-order chi connectivity index (χ1) is 8.56. The van der Waals surface area contributed by atoms with E-state index in [2.05, 4.69) is 4.98 Å². The van der Waals surface area contributed by atoms with Gasteiger partial charge in [0.15, 0.2) is 0 Å². The number of carboxylic acids is 1. The zero-order chi connectivity index (χ0) is 13.1. The second-order valence-corrected chi connectivity index (χ2v) is 4.43. The third-order valence-corrected chi connectivity index (χ3v) is 3.10. The van der Waals surface area contributed by atoms with E-state index in [1.54, 1.807) is 0 Å². The van der Waals surface area contributed by atoms with Crippen molar-refractivity contribution in [3.63, 3.8) is 0 Å². The van der Waals surface area contributed by atoms with E-state index < -0.39 is 11.8 Å². The van der Waals surface area contributed by atoms with E-state index in [0.29, 0.717) is 4.90 Å². The third-order valence-electron chi connectivity index (χ3n) is 2.08. The molecule has 0 aliphatic heterocycles. The molecule has 0 fully saturated rings. The van der Waals surface area contributed by atoms with Crippen LogP contribution in [0.4, 0.5) is 8.78 Å². The van der Waals surface area contributed by atoms with Crippen LogP contribution in [0.2, 0.25) is 0 Å². The first-order valence-electron chi connectivity index (χ1n) is 4.88. The van der Waals surface area contributed by atoms with Gasteiger partial charge in [0.25, 0.3) is 0 Å². The minimum atomic E-state index is -1.26. The van der Waals surface area contributed by atoms with E-state index in [-0.39, 0.29) is 16.4 Å². The number of nitrogens with zero attached hydrogens (tertiary/aromatic N) is 1. The van der Waals surface area contributed by atoms with Crippen molar-refractivity contribution in [1.82, 2.24) is 4.98 Å². The highest BCUT2D eigenvalue weighted by Crippen LogP contribution is 2.29. The summed E-state index contributed by atoms with van der Waals surface area (Å²) in [7, 11) is 0. The van der Waals surface area contributed by atoms with Crippen LogP contribution in [0, 0.1) is 11.6 Å².